The molecule has 2 fully saturated rings. The van der Waals surface area contributed by atoms with E-state index in [1.54, 1.807) is 14.2 Å². The predicted molar refractivity (Wildman–Crippen MR) is 92.9 cm³/mol. The van der Waals surface area contributed by atoms with Crippen molar-refractivity contribution in [2.75, 3.05) is 27.8 Å². The number of carbonyl (C=O) groups is 1. The largest absolute Gasteiger partial charge is 0.493 e. The Labute approximate surface area is 144 Å². The number of benzene rings is 1. The van der Waals surface area contributed by atoms with Crippen molar-refractivity contribution in [3.63, 3.8) is 0 Å². The number of ether oxygens (including phenoxy) is 2. The molecule has 4 nitrogen and oxygen atoms in total. The van der Waals surface area contributed by atoms with Crippen molar-refractivity contribution in [2.45, 2.75) is 44.1 Å². The van der Waals surface area contributed by atoms with Gasteiger partial charge in [-0.2, -0.15) is 0 Å². The van der Waals surface area contributed by atoms with Gasteiger partial charge in [0.2, 0.25) is 0 Å². The Balaban J connectivity index is 2.01. The summed E-state index contributed by atoms with van der Waals surface area (Å²) in [6.45, 7) is 3.18. The van der Waals surface area contributed by atoms with E-state index in [9.17, 15) is 4.79 Å². The number of likely N-dealkylation sites (N-methyl/N-ethyl adjacent to an activating group) is 1. The minimum atomic E-state index is -0.0972. The van der Waals surface area contributed by atoms with Gasteiger partial charge in [0.25, 0.3) is 0 Å². The molecule has 4 heteroatoms. The van der Waals surface area contributed by atoms with Crippen molar-refractivity contribution in [1.82, 2.24) is 4.90 Å². The number of piperidine rings is 1. The van der Waals surface area contributed by atoms with E-state index in [0.29, 0.717) is 17.7 Å². The minimum absolute atomic E-state index is 0.0486. The van der Waals surface area contributed by atoms with Gasteiger partial charge in [-0.3, -0.25) is 4.79 Å². The number of methoxy groups -OCH3 is 2. The molecule has 0 spiro atoms. The molecule has 2 aliphatic carbocycles. The van der Waals surface area contributed by atoms with Crippen LogP contribution in [0.25, 0.3) is 0 Å². The molecule has 1 aliphatic heterocycles. The molecule has 0 aromatic heterocycles. The number of hydrogen-bond acceptors (Lipinski definition) is 4. The van der Waals surface area contributed by atoms with Crippen LogP contribution in [-0.2, 0) is 16.6 Å². The summed E-state index contributed by atoms with van der Waals surface area (Å²) in [6.07, 6.45) is 3.78. The van der Waals surface area contributed by atoms with Gasteiger partial charge in [0.05, 0.1) is 14.2 Å². The fraction of sp³-hybridized carbons (Fsp3) is 0.650. The highest BCUT2D eigenvalue weighted by molar-refractivity contribution is 5.84. The zero-order valence-electron chi connectivity index (χ0n) is 15.1. The summed E-state index contributed by atoms with van der Waals surface area (Å²) < 4.78 is 11.4. The summed E-state index contributed by atoms with van der Waals surface area (Å²) in [5.41, 5.74) is 2.50. The molecule has 0 amide bonds. The normalized spacial score (nSPS) is 35.2. The second-order valence-corrected chi connectivity index (χ2v) is 7.71. The Bertz CT molecular complexity index is 686. The summed E-state index contributed by atoms with van der Waals surface area (Å²) in [7, 11) is 5.65. The number of Topliss-reactive ketones (excluding diaryl/α,β-unsaturated/α-hetero) is 1. The van der Waals surface area contributed by atoms with Crippen molar-refractivity contribution in [2.24, 2.45) is 11.8 Å². The number of nitrogens with zero attached hydrogens (tertiary/aromatic N) is 1. The second-order valence-electron chi connectivity index (χ2n) is 7.71. The van der Waals surface area contributed by atoms with Crippen molar-refractivity contribution in [3.05, 3.63) is 23.3 Å². The van der Waals surface area contributed by atoms with Crippen molar-refractivity contribution in [3.8, 4) is 11.5 Å². The fourth-order valence-electron chi connectivity index (χ4n) is 5.85. The van der Waals surface area contributed by atoms with Crippen LogP contribution in [-0.4, -0.2) is 44.5 Å². The van der Waals surface area contributed by atoms with E-state index in [2.05, 4.69) is 24.9 Å². The topological polar surface area (TPSA) is 38.8 Å². The average Bonchev–Trinajstić information content (AvgIpc) is 2.60. The highest BCUT2D eigenvalue weighted by atomic mass is 16.5. The Morgan fingerprint density at radius 3 is 2.75 bits per heavy atom. The van der Waals surface area contributed by atoms with Gasteiger partial charge < -0.3 is 14.4 Å². The lowest BCUT2D eigenvalue weighted by molar-refractivity contribution is -0.134. The molecule has 4 unspecified atom stereocenters. The number of carbonyl (C=O) groups excluding carboxylic acids is 1. The molecule has 0 N–H and O–H groups in total. The minimum Gasteiger partial charge on any atom is -0.493 e. The number of hydrogen-bond donors (Lipinski definition) is 0. The lowest BCUT2D eigenvalue weighted by atomic mass is 9.48. The van der Waals surface area contributed by atoms with Crippen LogP contribution >= 0.6 is 0 Å². The first-order chi connectivity index (χ1) is 11.5. The third-order valence-electron chi connectivity index (χ3n) is 7.05. The zero-order chi connectivity index (χ0) is 17.1. The van der Waals surface area contributed by atoms with Gasteiger partial charge in [-0.15, -0.1) is 0 Å². The molecule has 1 saturated carbocycles. The Kier molecular flexibility index (Phi) is 3.64. The SMILES string of the molecule is COc1ccc2c(c1OC)C13CCN(C)C(C2)C1CCC(=O)C3C. The van der Waals surface area contributed by atoms with E-state index < -0.39 is 0 Å². The van der Waals surface area contributed by atoms with Crippen LogP contribution in [0.4, 0.5) is 0 Å². The zero-order valence-corrected chi connectivity index (χ0v) is 15.1. The molecule has 4 atom stereocenters. The summed E-state index contributed by atoms with van der Waals surface area (Å²) in [5.74, 6) is 2.62. The third-order valence-corrected chi connectivity index (χ3v) is 7.05. The van der Waals surface area contributed by atoms with Crippen molar-refractivity contribution >= 4 is 5.78 Å². The summed E-state index contributed by atoms with van der Waals surface area (Å²) in [5, 5.41) is 0. The predicted octanol–water partition coefficient (Wildman–Crippen LogP) is 2.82. The molecule has 130 valence electrons. The molecule has 4 rings (SSSR count). The fourth-order valence-corrected chi connectivity index (χ4v) is 5.85. The van der Waals surface area contributed by atoms with Gasteiger partial charge in [-0.25, -0.2) is 0 Å². The van der Waals surface area contributed by atoms with Crippen LogP contribution in [0.1, 0.15) is 37.3 Å². The van der Waals surface area contributed by atoms with Gasteiger partial charge in [-0.1, -0.05) is 13.0 Å². The number of fused-ring (bicyclic) bond motifs is 1. The first-order valence-electron chi connectivity index (χ1n) is 9.02. The van der Waals surface area contributed by atoms with Crippen LogP contribution in [0.5, 0.6) is 11.5 Å². The number of ketones is 1. The smallest absolute Gasteiger partial charge is 0.164 e. The molecule has 0 radical (unpaired) electrons. The van der Waals surface area contributed by atoms with E-state index in [0.717, 1.165) is 43.7 Å². The van der Waals surface area contributed by atoms with Gasteiger partial charge in [0, 0.05) is 29.4 Å². The van der Waals surface area contributed by atoms with E-state index in [1.165, 1.54) is 11.1 Å². The van der Waals surface area contributed by atoms with Crippen molar-refractivity contribution in [1.29, 1.82) is 0 Å². The maximum absolute atomic E-state index is 12.7. The summed E-state index contributed by atoms with van der Waals surface area (Å²) in [4.78, 5) is 15.2. The molecule has 2 bridgehead atoms. The quantitative estimate of drug-likeness (QED) is 0.836. The van der Waals surface area contributed by atoms with Gasteiger partial charge in [0.1, 0.15) is 5.78 Å². The molecular formula is C20H27NO3. The third kappa shape index (κ3) is 1.86. The van der Waals surface area contributed by atoms with E-state index >= 15 is 0 Å². The first kappa shape index (κ1) is 15.9. The average molecular weight is 329 g/mol. The van der Waals surface area contributed by atoms with Gasteiger partial charge >= 0.3 is 0 Å². The Hall–Kier alpha value is -1.55. The highest BCUT2D eigenvalue weighted by Crippen LogP contribution is 2.60. The van der Waals surface area contributed by atoms with Gasteiger partial charge in [0.15, 0.2) is 11.5 Å². The van der Waals surface area contributed by atoms with E-state index in [1.807, 2.05) is 6.07 Å². The summed E-state index contributed by atoms with van der Waals surface area (Å²) in [6, 6.07) is 4.73. The maximum atomic E-state index is 12.7. The molecule has 1 heterocycles. The van der Waals surface area contributed by atoms with Crippen LogP contribution < -0.4 is 9.47 Å². The number of rotatable bonds is 2. The highest BCUT2D eigenvalue weighted by Gasteiger charge is 2.59. The number of likely N-dealkylation sites (tertiary alicyclic amines) is 1. The first-order valence-corrected chi connectivity index (χ1v) is 9.02. The molecule has 1 aromatic rings. The summed E-state index contributed by atoms with van der Waals surface area (Å²) >= 11 is 0. The van der Waals surface area contributed by atoms with Gasteiger partial charge in [-0.05, 0) is 50.4 Å². The molecule has 1 aromatic carbocycles. The van der Waals surface area contributed by atoms with Crippen LogP contribution in [0.3, 0.4) is 0 Å². The lowest BCUT2D eigenvalue weighted by Crippen LogP contribution is -2.64. The van der Waals surface area contributed by atoms with E-state index in [-0.39, 0.29) is 11.3 Å². The van der Waals surface area contributed by atoms with Crippen molar-refractivity contribution < 1.29 is 14.3 Å². The lowest BCUT2D eigenvalue weighted by Gasteiger charge is -2.60. The molecule has 24 heavy (non-hydrogen) atoms. The monoisotopic (exact) mass is 329 g/mol. The van der Waals surface area contributed by atoms with Crippen LogP contribution in [0, 0.1) is 11.8 Å². The Morgan fingerprint density at radius 2 is 2.04 bits per heavy atom. The Morgan fingerprint density at radius 1 is 1.25 bits per heavy atom. The standard InChI is InChI=1S/C20H27NO3/c1-12-16(22)7-6-14-15-11-13-5-8-17(23-3)19(24-4)18(13)20(12,14)9-10-21(15)2/h5,8,12,14-15H,6-7,9-11H2,1-4H3. The van der Waals surface area contributed by atoms with E-state index in [4.69, 9.17) is 9.47 Å². The second kappa shape index (κ2) is 5.48. The maximum Gasteiger partial charge on any atom is 0.164 e. The molecular weight excluding hydrogens is 302 g/mol. The molecule has 3 aliphatic rings. The van der Waals surface area contributed by atoms with Crippen LogP contribution in [0.15, 0.2) is 12.1 Å². The van der Waals surface area contributed by atoms with Crippen LogP contribution in [0.2, 0.25) is 0 Å². The molecule has 1 saturated heterocycles.